The summed E-state index contributed by atoms with van der Waals surface area (Å²) in [7, 11) is 1.67. The molecule has 3 nitrogen and oxygen atoms in total. The SMILES string of the molecule is COc1ccc(C(C)C)cc1C(O)CN1CC(C)CC(C)C1. The molecule has 1 aromatic rings. The molecular formula is C19H31NO2. The van der Waals surface area contributed by atoms with E-state index >= 15 is 0 Å². The number of methoxy groups -OCH3 is 1. The normalized spacial score (nSPS) is 24.5. The van der Waals surface area contributed by atoms with Crippen molar-refractivity contribution in [2.75, 3.05) is 26.7 Å². The van der Waals surface area contributed by atoms with Gasteiger partial charge in [-0.2, -0.15) is 0 Å². The van der Waals surface area contributed by atoms with E-state index < -0.39 is 6.10 Å². The zero-order chi connectivity index (χ0) is 16.3. The average molecular weight is 305 g/mol. The lowest BCUT2D eigenvalue weighted by atomic mass is 9.91. The van der Waals surface area contributed by atoms with E-state index in [1.54, 1.807) is 7.11 Å². The summed E-state index contributed by atoms with van der Waals surface area (Å²) in [5.41, 5.74) is 2.16. The molecule has 3 heteroatoms. The van der Waals surface area contributed by atoms with Crippen LogP contribution in [-0.2, 0) is 0 Å². The predicted molar refractivity (Wildman–Crippen MR) is 91.4 cm³/mol. The summed E-state index contributed by atoms with van der Waals surface area (Å²) < 4.78 is 5.45. The zero-order valence-corrected chi connectivity index (χ0v) is 14.7. The number of hydrogen-bond acceptors (Lipinski definition) is 3. The van der Waals surface area contributed by atoms with Gasteiger partial charge in [0.15, 0.2) is 0 Å². The lowest BCUT2D eigenvalue weighted by Crippen LogP contribution is -2.40. The fraction of sp³-hybridized carbons (Fsp3) is 0.684. The summed E-state index contributed by atoms with van der Waals surface area (Å²) in [5, 5.41) is 10.7. The van der Waals surface area contributed by atoms with E-state index in [1.165, 1.54) is 12.0 Å². The van der Waals surface area contributed by atoms with Gasteiger partial charge >= 0.3 is 0 Å². The molecule has 2 rings (SSSR count). The molecule has 1 fully saturated rings. The molecule has 3 atom stereocenters. The van der Waals surface area contributed by atoms with Crippen molar-refractivity contribution in [2.24, 2.45) is 11.8 Å². The second kappa shape index (κ2) is 7.47. The fourth-order valence-corrected chi connectivity index (χ4v) is 3.66. The molecule has 1 aliphatic heterocycles. The smallest absolute Gasteiger partial charge is 0.124 e. The standard InChI is InChI=1S/C19H31NO2/c1-13(2)16-6-7-19(22-5)17(9-16)18(21)12-20-10-14(3)8-15(4)11-20/h6-7,9,13-15,18,21H,8,10-12H2,1-5H3. The molecule has 0 bridgehead atoms. The molecule has 1 heterocycles. The van der Waals surface area contributed by atoms with Gasteiger partial charge in [0.1, 0.15) is 5.75 Å². The van der Waals surface area contributed by atoms with Gasteiger partial charge in [-0.05, 0) is 41.9 Å². The Morgan fingerprint density at radius 3 is 2.41 bits per heavy atom. The molecule has 3 unspecified atom stereocenters. The number of hydrogen-bond donors (Lipinski definition) is 1. The number of piperidine rings is 1. The number of benzene rings is 1. The first kappa shape index (κ1) is 17.3. The maximum absolute atomic E-state index is 10.7. The Morgan fingerprint density at radius 2 is 1.86 bits per heavy atom. The maximum atomic E-state index is 10.7. The van der Waals surface area contributed by atoms with Gasteiger partial charge in [0.05, 0.1) is 13.2 Å². The average Bonchev–Trinajstić information content (AvgIpc) is 2.45. The molecule has 22 heavy (non-hydrogen) atoms. The van der Waals surface area contributed by atoms with Crippen molar-refractivity contribution >= 4 is 0 Å². The molecule has 124 valence electrons. The van der Waals surface area contributed by atoms with Gasteiger partial charge in [-0.1, -0.05) is 33.8 Å². The quantitative estimate of drug-likeness (QED) is 0.897. The van der Waals surface area contributed by atoms with Gasteiger partial charge in [0.2, 0.25) is 0 Å². The molecule has 1 saturated heterocycles. The van der Waals surface area contributed by atoms with Gasteiger partial charge < -0.3 is 9.84 Å². The molecule has 0 amide bonds. The Hall–Kier alpha value is -1.06. The van der Waals surface area contributed by atoms with Crippen LogP contribution in [0.5, 0.6) is 5.75 Å². The molecule has 0 aromatic heterocycles. The van der Waals surface area contributed by atoms with E-state index in [2.05, 4.69) is 44.7 Å². The highest BCUT2D eigenvalue weighted by Crippen LogP contribution is 2.31. The van der Waals surface area contributed by atoms with Crippen LogP contribution in [0.3, 0.4) is 0 Å². The lowest BCUT2D eigenvalue weighted by molar-refractivity contribution is 0.0686. The second-order valence-corrected chi connectivity index (χ2v) is 7.34. The summed E-state index contributed by atoms with van der Waals surface area (Å²) in [5.74, 6) is 2.65. The van der Waals surface area contributed by atoms with Gasteiger partial charge in [-0.25, -0.2) is 0 Å². The van der Waals surface area contributed by atoms with Crippen molar-refractivity contribution in [1.29, 1.82) is 0 Å². The Balaban J connectivity index is 2.14. The van der Waals surface area contributed by atoms with Crippen LogP contribution in [0.25, 0.3) is 0 Å². The Bertz CT molecular complexity index is 476. The third-order valence-electron chi connectivity index (χ3n) is 4.66. The minimum atomic E-state index is -0.494. The summed E-state index contributed by atoms with van der Waals surface area (Å²) in [6.45, 7) is 11.8. The number of aliphatic hydroxyl groups is 1. The molecule has 0 radical (unpaired) electrons. The first-order chi connectivity index (χ1) is 10.4. The highest BCUT2D eigenvalue weighted by Gasteiger charge is 2.25. The number of β-amino-alcohol motifs (C(OH)–C–C–N with tert-alkyl or cyclic N) is 1. The first-order valence-electron chi connectivity index (χ1n) is 8.49. The number of nitrogens with zero attached hydrogens (tertiary/aromatic N) is 1. The molecule has 1 N–H and O–H groups in total. The highest BCUT2D eigenvalue weighted by molar-refractivity contribution is 5.40. The van der Waals surface area contributed by atoms with E-state index in [1.807, 2.05) is 6.07 Å². The van der Waals surface area contributed by atoms with Crippen LogP contribution in [-0.4, -0.2) is 36.8 Å². The van der Waals surface area contributed by atoms with Gasteiger partial charge in [-0.15, -0.1) is 0 Å². The number of ether oxygens (including phenoxy) is 1. The number of aliphatic hydroxyl groups excluding tert-OH is 1. The van der Waals surface area contributed by atoms with Crippen molar-refractivity contribution in [2.45, 2.75) is 46.1 Å². The number of likely N-dealkylation sites (tertiary alicyclic amines) is 1. The minimum absolute atomic E-state index is 0.451. The van der Waals surface area contributed by atoms with Crippen molar-refractivity contribution in [3.8, 4) is 5.75 Å². The van der Waals surface area contributed by atoms with Crippen LogP contribution in [0.2, 0.25) is 0 Å². The number of rotatable bonds is 5. The zero-order valence-electron chi connectivity index (χ0n) is 14.7. The molecular weight excluding hydrogens is 274 g/mol. The predicted octanol–water partition coefficient (Wildman–Crippen LogP) is 3.83. The van der Waals surface area contributed by atoms with Crippen LogP contribution in [0.15, 0.2) is 18.2 Å². The molecule has 1 aliphatic rings. The van der Waals surface area contributed by atoms with Crippen molar-refractivity contribution in [3.05, 3.63) is 29.3 Å². The molecule has 0 spiro atoms. The monoisotopic (exact) mass is 305 g/mol. The van der Waals surface area contributed by atoms with Crippen LogP contribution < -0.4 is 4.74 Å². The lowest BCUT2D eigenvalue weighted by Gasteiger charge is -2.36. The van der Waals surface area contributed by atoms with E-state index in [4.69, 9.17) is 4.74 Å². The summed E-state index contributed by atoms with van der Waals surface area (Å²) in [6.07, 6.45) is 0.796. The van der Waals surface area contributed by atoms with Gasteiger partial charge in [0.25, 0.3) is 0 Å². The van der Waals surface area contributed by atoms with Crippen LogP contribution in [0.4, 0.5) is 0 Å². The third kappa shape index (κ3) is 4.23. The van der Waals surface area contributed by atoms with E-state index in [0.717, 1.165) is 24.4 Å². The minimum Gasteiger partial charge on any atom is -0.496 e. The maximum Gasteiger partial charge on any atom is 0.124 e. The topological polar surface area (TPSA) is 32.7 Å². The summed E-state index contributed by atoms with van der Waals surface area (Å²) >= 11 is 0. The second-order valence-electron chi connectivity index (χ2n) is 7.34. The van der Waals surface area contributed by atoms with Crippen molar-refractivity contribution in [3.63, 3.8) is 0 Å². The fourth-order valence-electron chi connectivity index (χ4n) is 3.66. The Kier molecular flexibility index (Phi) is 5.87. The van der Waals surface area contributed by atoms with E-state index in [-0.39, 0.29) is 0 Å². The third-order valence-corrected chi connectivity index (χ3v) is 4.66. The van der Waals surface area contributed by atoms with E-state index in [9.17, 15) is 5.11 Å². The van der Waals surface area contributed by atoms with Crippen molar-refractivity contribution in [1.82, 2.24) is 4.90 Å². The van der Waals surface area contributed by atoms with Crippen molar-refractivity contribution < 1.29 is 9.84 Å². The molecule has 0 aliphatic carbocycles. The molecule has 1 aromatic carbocycles. The first-order valence-corrected chi connectivity index (χ1v) is 8.49. The highest BCUT2D eigenvalue weighted by atomic mass is 16.5. The largest absolute Gasteiger partial charge is 0.496 e. The molecule has 0 saturated carbocycles. The summed E-state index contributed by atoms with van der Waals surface area (Å²) in [4.78, 5) is 2.39. The van der Waals surface area contributed by atoms with Gasteiger partial charge in [-0.3, -0.25) is 4.90 Å². The van der Waals surface area contributed by atoms with Crippen LogP contribution in [0.1, 0.15) is 57.3 Å². The summed E-state index contributed by atoms with van der Waals surface area (Å²) in [6, 6.07) is 6.17. The van der Waals surface area contributed by atoms with Crippen LogP contribution in [0, 0.1) is 11.8 Å². The van der Waals surface area contributed by atoms with E-state index in [0.29, 0.717) is 24.3 Å². The van der Waals surface area contributed by atoms with Gasteiger partial charge in [0, 0.05) is 25.2 Å². The Morgan fingerprint density at radius 1 is 1.23 bits per heavy atom. The van der Waals surface area contributed by atoms with Crippen LogP contribution >= 0.6 is 0 Å². The Labute approximate surface area is 135 Å².